The van der Waals surface area contributed by atoms with Gasteiger partial charge in [-0.3, -0.25) is 5.10 Å². The van der Waals surface area contributed by atoms with Gasteiger partial charge in [-0.2, -0.15) is 5.10 Å². The van der Waals surface area contributed by atoms with Crippen LogP contribution in [0, 0.1) is 6.92 Å². The Morgan fingerprint density at radius 2 is 1.84 bits per heavy atom. The Kier molecular flexibility index (Phi) is 4.65. The lowest BCUT2D eigenvalue weighted by Crippen LogP contribution is -2.36. The molecule has 3 heterocycles. The number of aromatic nitrogens is 4. The number of H-pyrrole nitrogens is 1. The number of anilines is 1. The molecular weight excluding hydrogens is 398 g/mol. The molecule has 3 aromatic carbocycles. The number of nitrogens with zero attached hydrogens (tertiary/aromatic N) is 4. The van der Waals surface area contributed by atoms with Gasteiger partial charge in [-0.15, -0.1) is 0 Å². The highest BCUT2D eigenvalue weighted by molar-refractivity contribution is 5.95. The molecule has 1 N–H and O–H groups in total. The van der Waals surface area contributed by atoms with E-state index in [1.807, 2.05) is 6.07 Å². The second-order valence-electron chi connectivity index (χ2n) is 8.31. The van der Waals surface area contributed by atoms with Gasteiger partial charge in [0.2, 0.25) is 0 Å². The van der Waals surface area contributed by atoms with Gasteiger partial charge in [0.15, 0.2) is 0 Å². The predicted molar refractivity (Wildman–Crippen MR) is 128 cm³/mol. The van der Waals surface area contributed by atoms with Crippen molar-refractivity contribution < 1.29 is 4.74 Å². The summed E-state index contributed by atoms with van der Waals surface area (Å²) in [5.74, 6) is 1.01. The summed E-state index contributed by atoms with van der Waals surface area (Å²) in [6.45, 7) is 6.17. The van der Waals surface area contributed by atoms with Gasteiger partial charge in [0.05, 0.1) is 29.9 Å². The van der Waals surface area contributed by atoms with Gasteiger partial charge >= 0.3 is 0 Å². The molecule has 6 heteroatoms. The first-order chi connectivity index (χ1) is 15.8. The Balaban J connectivity index is 1.53. The summed E-state index contributed by atoms with van der Waals surface area (Å²) in [5, 5.41) is 9.87. The van der Waals surface area contributed by atoms with Crippen molar-refractivity contribution in [1.82, 2.24) is 19.7 Å². The van der Waals surface area contributed by atoms with Crippen LogP contribution in [0.4, 0.5) is 5.69 Å². The summed E-state index contributed by atoms with van der Waals surface area (Å²) in [6.07, 6.45) is 1.79. The van der Waals surface area contributed by atoms with Gasteiger partial charge in [-0.05, 0) is 41.5 Å². The van der Waals surface area contributed by atoms with E-state index in [4.69, 9.17) is 9.72 Å². The predicted octanol–water partition coefficient (Wildman–Crippen LogP) is 4.77. The molecule has 32 heavy (non-hydrogen) atoms. The van der Waals surface area contributed by atoms with E-state index in [9.17, 15) is 0 Å². The fraction of sp³-hybridized carbons (Fsp3) is 0.231. The van der Waals surface area contributed by atoms with E-state index in [0.717, 1.165) is 61.0 Å². The maximum Gasteiger partial charge on any atom is 0.107 e. The molecule has 1 saturated heterocycles. The van der Waals surface area contributed by atoms with E-state index in [-0.39, 0.29) is 0 Å². The van der Waals surface area contributed by atoms with Crippen LogP contribution in [0.15, 0.2) is 66.9 Å². The third kappa shape index (κ3) is 3.24. The number of fused-ring (bicyclic) bond motifs is 2. The quantitative estimate of drug-likeness (QED) is 0.452. The van der Waals surface area contributed by atoms with Crippen molar-refractivity contribution in [2.45, 2.75) is 13.5 Å². The van der Waals surface area contributed by atoms with Crippen LogP contribution in [-0.4, -0.2) is 46.1 Å². The van der Waals surface area contributed by atoms with Crippen molar-refractivity contribution in [3.05, 3.63) is 78.2 Å². The molecule has 6 nitrogen and oxygen atoms in total. The Hall–Kier alpha value is -3.64. The van der Waals surface area contributed by atoms with Crippen molar-refractivity contribution in [3.63, 3.8) is 0 Å². The summed E-state index contributed by atoms with van der Waals surface area (Å²) in [5.41, 5.74) is 6.71. The van der Waals surface area contributed by atoms with Gasteiger partial charge in [-0.25, -0.2) is 4.98 Å². The lowest BCUT2D eigenvalue weighted by molar-refractivity contribution is 0.122. The van der Waals surface area contributed by atoms with Crippen LogP contribution in [0.2, 0.25) is 0 Å². The Bertz CT molecular complexity index is 1390. The van der Waals surface area contributed by atoms with Gasteiger partial charge in [0, 0.05) is 37.1 Å². The maximum absolute atomic E-state index is 5.58. The number of hydrogen-bond donors (Lipinski definition) is 1. The number of rotatable bonds is 4. The molecule has 0 aliphatic carbocycles. The Morgan fingerprint density at radius 1 is 1.00 bits per heavy atom. The summed E-state index contributed by atoms with van der Waals surface area (Å²) < 4.78 is 7.92. The smallest absolute Gasteiger partial charge is 0.107 e. The molecule has 1 fully saturated rings. The van der Waals surface area contributed by atoms with Gasteiger partial charge in [0.25, 0.3) is 0 Å². The van der Waals surface area contributed by atoms with Crippen LogP contribution in [0.25, 0.3) is 33.1 Å². The third-order valence-electron chi connectivity index (χ3n) is 6.41. The molecule has 160 valence electrons. The molecular formula is C26H25N5O. The molecule has 6 rings (SSSR count). The Morgan fingerprint density at radius 3 is 2.69 bits per heavy atom. The zero-order chi connectivity index (χ0) is 21.5. The topological polar surface area (TPSA) is 59.0 Å². The van der Waals surface area contributed by atoms with E-state index in [2.05, 4.69) is 81.2 Å². The molecule has 1 aliphatic heterocycles. The number of hydrogen-bond acceptors (Lipinski definition) is 4. The normalized spacial score (nSPS) is 14.5. The first-order valence-corrected chi connectivity index (χ1v) is 11.1. The monoisotopic (exact) mass is 423 g/mol. The van der Waals surface area contributed by atoms with Crippen LogP contribution < -0.4 is 4.90 Å². The van der Waals surface area contributed by atoms with Crippen molar-refractivity contribution in [1.29, 1.82) is 0 Å². The van der Waals surface area contributed by atoms with Crippen molar-refractivity contribution >= 4 is 27.5 Å². The van der Waals surface area contributed by atoms with Crippen molar-refractivity contribution in [2.24, 2.45) is 0 Å². The molecule has 5 aromatic rings. The average molecular weight is 424 g/mol. The first-order valence-electron chi connectivity index (χ1n) is 11.1. The Labute approximate surface area is 186 Å². The number of nitrogens with one attached hydrogen (secondary N) is 1. The fourth-order valence-electron chi connectivity index (χ4n) is 4.74. The van der Waals surface area contributed by atoms with Crippen LogP contribution in [0.3, 0.4) is 0 Å². The minimum atomic E-state index is 0.756. The highest BCUT2D eigenvalue weighted by atomic mass is 16.5. The summed E-state index contributed by atoms with van der Waals surface area (Å²) in [6, 6.07) is 21.6. The van der Waals surface area contributed by atoms with Gasteiger partial charge < -0.3 is 14.2 Å². The molecule has 1 aliphatic rings. The average Bonchev–Trinajstić information content (AvgIpc) is 3.48. The standard InChI is InChI=1S/C26H25N5O/c1-18-28-26-23(24-9-10-27-29-24)15-21(30-11-13-32-14-12-30)16-25(26)31(18)17-20-7-4-6-19-5-2-3-8-22(19)20/h2-10,15-16H,11-14,17H2,1H3,(H,27,29). The lowest BCUT2D eigenvalue weighted by Gasteiger charge is -2.29. The van der Waals surface area contributed by atoms with E-state index in [1.165, 1.54) is 22.0 Å². The van der Waals surface area contributed by atoms with E-state index in [1.54, 1.807) is 6.20 Å². The largest absolute Gasteiger partial charge is 0.378 e. The van der Waals surface area contributed by atoms with Crippen LogP contribution in [0.1, 0.15) is 11.4 Å². The van der Waals surface area contributed by atoms with Crippen LogP contribution in [-0.2, 0) is 11.3 Å². The number of morpholine rings is 1. The van der Waals surface area contributed by atoms with Gasteiger partial charge in [-0.1, -0.05) is 42.5 Å². The first kappa shape index (κ1) is 19.1. The van der Waals surface area contributed by atoms with E-state index < -0.39 is 0 Å². The zero-order valence-corrected chi connectivity index (χ0v) is 18.1. The van der Waals surface area contributed by atoms with Crippen LogP contribution >= 0.6 is 0 Å². The number of aromatic amines is 1. The van der Waals surface area contributed by atoms with Gasteiger partial charge in [0.1, 0.15) is 5.82 Å². The molecule has 0 saturated carbocycles. The summed E-state index contributed by atoms with van der Waals surface area (Å²) >= 11 is 0. The van der Waals surface area contributed by atoms with Crippen molar-refractivity contribution in [3.8, 4) is 11.3 Å². The molecule has 0 spiro atoms. The van der Waals surface area contributed by atoms with E-state index in [0.29, 0.717) is 0 Å². The second kappa shape index (κ2) is 7.80. The molecule has 0 amide bonds. The number of imidazole rings is 1. The highest BCUT2D eigenvalue weighted by Gasteiger charge is 2.19. The van der Waals surface area contributed by atoms with Crippen LogP contribution in [0.5, 0.6) is 0 Å². The third-order valence-corrected chi connectivity index (χ3v) is 6.41. The molecule has 0 radical (unpaired) electrons. The summed E-state index contributed by atoms with van der Waals surface area (Å²) in [7, 11) is 0. The lowest BCUT2D eigenvalue weighted by atomic mass is 10.0. The fourth-order valence-corrected chi connectivity index (χ4v) is 4.74. The zero-order valence-electron chi connectivity index (χ0n) is 18.1. The molecule has 0 unspecified atom stereocenters. The maximum atomic E-state index is 5.58. The second-order valence-corrected chi connectivity index (χ2v) is 8.31. The minimum absolute atomic E-state index is 0.756. The SMILES string of the molecule is Cc1nc2c(-c3ccn[nH]3)cc(N3CCOCC3)cc2n1Cc1cccc2ccccc12. The molecule has 0 bridgehead atoms. The molecule has 2 aromatic heterocycles. The minimum Gasteiger partial charge on any atom is -0.378 e. The number of aryl methyl sites for hydroxylation is 1. The van der Waals surface area contributed by atoms with Crippen molar-refractivity contribution in [2.75, 3.05) is 31.2 Å². The summed E-state index contributed by atoms with van der Waals surface area (Å²) in [4.78, 5) is 7.40. The number of benzene rings is 3. The highest BCUT2D eigenvalue weighted by Crippen LogP contribution is 2.34. The van der Waals surface area contributed by atoms with E-state index >= 15 is 0 Å². The molecule has 0 atom stereocenters. The number of ether oxygens (including phenoxy) is 1.